The number of carbonyl (C=O) groups is 2. The van der Waals surface area contributed by atoms with Gasteiger partial charge in [0, 0.05) is 43.3 Å². The van der Waals surface area contributed by atoms with Gasteiger partial charge in [0.05, 0.1) is 17.2 Å². The van der Waals surface area contributed by atoms with Crippen molar-refractivity contribution < 1.29 is 9.59 Å². The molecule has 5 rings (SSSR count). The molecule has 0 bridgehead atoms. The molecule has 1 atom stereocenters. The molecule has 1 N–H and O–H groups in total. The van der Waals surface area contributed by atoms with E-state index >= 15 is 0 Å². The summed E-state index contributed by atoms with van der Waals surface area (Å²) in [5.74, 6) is -0.00741. The number of rotatable bonds is 4. The monoisotopic (exact) mass is 438 g/mol. The van der Waals surface area contributed by atoms with Crippen LogP contribution in [0.15, 0.2) is 79.0 Å². The Bertz CT molecular complexity index is 1320. The molecule has 6 nitrogen and oxygen atoms in total. The Hall–Kier alpha value is -3.77. The summed E-state index contributed by atoms with van der Waals surface area (Å²) in [5, 5.41) is 6.03. The van der Waals surface area contributed by atoms with Gasteiger partial charge in [-0.1, -0.05) is 42.5 Å². The Balaban J connectivity index is 1.24. The number of hydrogen-bond donors (Lipinski definition) is 1. The van der Waals surface area contributed by atoms with Crippen molar-refractivity contribution in [3.8, 4) is 0 Å². The predicted molar refractivity (Wildman–Crippen MR) is 131 cm³/mol. The van der Waals surface area contributed by atoms with Crippen molar-refractivity contribution in [1.29, 1.82) is 0 Å². The van der Waals surface area contributed by atoms with Crippen LogP contribution in [0.25, 0.3) is 21.7 Å². The lowest BCUT2D eigenvalue weighted by Gasteiger charge is -2.37. The second kappa shape index (κ2) is 9.00. The summed E-state index contributed by atoms with van der Waals surface area (Å²) in [4.78, 5) is 34.6. The zero-order valence-electron chi connectivity index (χ0n) is 18.6. The first-order chi connectivity index (χ1) is 16.1. The van der Waals surface area contributed by atoms with Gasteiger partial charge in [0.25, 0.3) is 5.91 Å². The maximum absolute atomic E-state index is 13.2. The number of piperazine rings is 1. The largest absolute Gasteiger partial charge is 0.336 e. The van der Waals surface area contributed by atoms with E-state index in [1.54, 1.807) is 6.20 Å². The molecule has 1 fully saturated rings. The van der Waals surface area contributed by atoms with Crippen LogP contribution in [0.5, 0.6) is 0 Å². The third kappa shape index (κ3) is 4.17. The molecular weight excluding hydrogens is 412 g/mol. The van der Waals surface area contributed by atoms with Crippen molar-refractivity contribution in [2.24, 2.45) is 0 Å². The number of aromatic nitrogens is 1. The van der Waals surface area contributed by atoms with Gasteiger partial charge in [-0.2, -0.15) is 0 Å². The Morgan fingerprint density at radius 1 is 0.848 bits per heavy atom. The van der Waals surface area contributed by atoms with Crippen molar-refractivity contribution >= 4 is 39.2 Å². The lowest BCUT2D eigenvalue weighted by atomic mass is 10.0. The number of anilines is 1. The molecule has 166 valence electrons. The first-order valence-corrected chi connectivity index (χ1v) is 11.3. The molecule has 0 aliphatic carbocycles. The second-order valence-electron chi connectivity index (χ2n) is 8.40. The number of fused-ring (bicyclic) bond motifs is 2. The molecule has 0 spiro atoms. The van der Waals surface area contributed by atoms with E-state index in [2.05, 4.69) is 15.2 Å². The highest BCUT2D eigenvalue weighted by molar-refractivity contribution is 6.07. The first-order valence-electron chi connectivity index (χ1n) is 11.3. The van der Waals surface area contributed by atoms with E-state index in [0.29, 0.717) is 26.2 Å². The molecule has 0 radical (unpaired) electrons. The standard InChI is InChI=1S/C27H26N4O2/c1-19(26(32)29-25-13-5-12-24-23(25)11-6-14-28-24)30-15-17-31(18-16-30)27(33)22-10-4-8-20-7-2-3-9-21(20)22/h2-14,19H,15-18H2,1H3,(H,29,32). The maximum atomic E-state index is 13.2. The van der Waals surface area contributed by atoms with Crippen LogP contribution in [-0.4, -0.2) is 58.8 Å². The summed E-state index contributed by atoms with van der Waals surface area (Å²) in [6, 6.07) is 23.1. The summed E-state index contributed by atoms with van der Waals surface area (Å²) in [5.41, 5.74) is 2.35. The minimum Gasteiger partial charge on any atom is -0.336 e. The normalized spacial score (nSPS) is 15.5. The summed E-state index contributed by atoms with van der Waals surface area (Å²) in [6.45, 7) is 4.42. The molecule has 33 heavy (non-hydrogen) atoms. The summed E-state index contributed by atoms with van der Waals surface area (Å²) in [7, 11) is 0. The Labute approximate surface area is 192 Å². The molecule has 1 aliphatic heterocycles. The quantitative estimate of drug-likeness (QED) is 0.519. The average molecular weight is 439 g/mol. The lowest BCUT2D eigenvalue weighted by molar-refractivity contribution is -0.121. The van der Waals surface area contributed by atoms with Crippen LogP contribution in [0.1, 0.15) is 17.3 Å². The number of nitrogens with zero attached hydrogens (tertiary/aromatic N) is 3. The van der Waals surface area contributed by atoms with Crippen LogP contribution in [0, 0.1) is 0 Å². The van der Waals surface area contributed by atoms with E-state index in [0.717, 1.165) is 32.9 Å². The van der Waals surface area contributed by atoms with Crippen molar-refractivity contribution in [3.63, 3.8) is 0 Å². The molecule has 3 aromatic carbocycles. The van der Waals surface area contributed by atoms with Crippen LogP contribution >= 0.6 is 0 Å². The fourth-order valence-electron chi connectivity index (χ4n) is 4.51. The molecule has 0 saturated carbocycles. The van der Waals surface area contributed by atoms with Gasteiger partial charge in [0.1, 0.15) is 0 Å². The van der Waals surface area contributed by atoms with Gasteiger partial charge < -0.3 is 10.2 Å². The third-order valence-corrected chi connectivity index (χ3v) is 6.45. The van der Waals surface area contributed by atoms with E-state index in [9.17, 15) is 9.59 Å². The summed E-state index contributed by atoms with van der Waals surface area (Å²) in [6.07, 6.45) is 1.75. The minimum absolute atomic E-state index is 0.0480. The minimum atomic E-state index is -0.299. The van der Waals surface area contributed by atoms with Crippen molar-refractivity contribution in [2.75, 3.05) is 31.5 Å². The number of hydrogen-bond acceptors (Lipinski definition) is 4. The molecule has 1 saturated heterocycles. The predicted octanol–water partition coefficient (Wildman–Crippen LogP) is 4.17. The van der Waals surface area contributed by atoms with Gasteiger partial charge in [-0.25, -0.2) is 0 Å². The highest BCUT2D eigenvalue weighted by Crippen LogP contribution is 2.23. The van der Waals surface area contributed by atoms with Crippen molar-refractivity contribution in [2.45, 2.75) is 13.0 Å². The van der Waals surface area contributed by atoms with Crippen LogP contribution < -0.4 is 5.32 Å². The van der Waals surface area contributed by atoms with Gasteiger partial charge >= 0.3 is 0 Å². The van der Waals surface area contributed by atoms with E-state index in [1.165, 1.54) is 0 Å². The topological polar surface area (TPSA) is 65.5 Å². The lowest BCUT2D eigenvalue weighted by Crippen LogP contribution is -2.54. The number of amides is 2. The molecule has 4 aromatic rings. The zero-order chi connectivity index (χ0) is 22.8. The molecule has 1 unspecified atom stereocenters. The molecule has 6 heteroatoms. The van der Waals surface area contributed by atoms with Crippen LogP contribution in [0.4, 0.5) is 5.69 Å². The SMILES string of the molecule is CC(C(=O)Nc1cccc2ncccc12)N1CCN(C(=O)c2cccc3ccccc23)CC1. The molecular formula is C27H26N4O2. The molecule has 2 amide bonds. The van der Waals surface area contributed by atoms with E-state index in [-0.39, 0.29) is 17.9 Å². The van der Waals surface area contributed by atoms with Gasteiger partial charge in [0.2, 0.25) is 5.91 Å². The van der Waals surface area contributed by atoms with Crippen LogP contribution in [0.3, 0.4) is 0 Å². The Morgan fingerprint density at radius 3 is 2.42 bits per heavy atom. The number of benzene rings is 3. The number of nitrogens with one attached hydrogen (secondary N) is 1. The van der Waals surface area contributed by atoms with Crippen LogP contribution in [0.2, 0.25) is 0 Å². The van der Waals surface area contributed by atoms with Crippen molar-refractivity contribution in [1.82, 2.24) is 14.8 Å². The molecule has 1 aliphatic rings. The van der Waals surface area contributed by atoms with Gasteiger partial charge in [-0.15, -0.1) is 0 Å². The highest BCUT2D eigenvalue weighted by atomic mass is 16.2. The van der Waals surface area contributed by atoms with E-state index in [1.807, 2.05) is 84.6 Å². The van der Waals surface area contributed by atoms with Crippen LogP contribution in [-0.2, 0) is 4.79 Å². The average Bonchev–Trinajstić information content (AvgIpc) is 2.88. The van der Waals surface area contributed by atoms with Crippen molar-refractivity contribution in [3.05, 3.63) is 84.6 Å². The highest BCUT2D eigenvalue weighted by Gasteiger charge is 2.28. The number of carbonyl (C=O) groups excluding carboxylic acids is 2. The molecule has 1 aromatic heterocycles. The van der Waals surface area contributed by atoms with Gasteiger partial charge in [-0.3, -0.25) is 19.5 Å². The van der Waals surface area contributed by atoms with E-state index in [4.69, 9.17) is 0 Å². The smallest absolute Gasteiger partial charge is 0.254 e. The fourth-order valence-corrected chi connectivity index (χ4v) is 4.51. The maximum Gasteiger partial charge on any atom is 0.254 e. The Morgan fingerprint density at radius 2 is 1.58 bits per heavy atom. The van der Waals surface area contributed by atoms with Gasteiger partial charge in [-0.05, 0) is 48.0 Å². The zero-order valence-corrected chi connectivity index (χ0v) is 18.6. The second-order valence-corrected chi connectivity index (χ2v) is 8.40. The Kier molecular flexibility index (Phi) is 5.75. The first kappa shape index (κ1) is 21.1. The fraction of sp³-hybridized carbons (Fsp3) is 0.222. The van der Waals surface area contributed by atoms with E-state index < -0.39 is 0 Å². The summed E-state index contributed by atoms with van der Waals surface area (Å²) < 4.78 is 0. The third-order valence-electron chi connectivity index (χ3n) is 6.45. The summed E-state index contributed by atoms with van der Waals surface area (Å²) >= 11 is 0. The molecule has 2 heterocycles. The number of pyridine rings is 1. The van der Waals surface area contributed by atoms with Gasteiger partial charge in [0.15, 0.2) is 0 Å².